The first-order valence-corrected chi connectivity index (χ1v) is 9.85. The zero-order chi connectivity index (χ0) is 20.3. The van der Waals surface area contributed by atoms with E-state index in [1.165, 1.54) is 18.9 Å². The molecule has 0 bridgehead atoms. The predicted molar refractivity (Wildman–Crippen MR) is 111 cm³/mol. The number of hydrogen-bond donors (Lipinski definition) is 1. The van der Waals surface area contributed by atoms with Crippen LogP contribution in [0.4, 0.5) is 5.69 Å². The number of ether oxygens (including phenoxy) is 1. The number of nitrogens with zero attached hydrogens (tertiary/aromatic N) is 2. The lowest BCUT2D eigenvalue weighted by Gasteiger charge is -2.14. The first-order valence-electron chi connectivity index (χ1n) is 8.59. The van der Waals surface area contributed by atoms with Gasteiger partial charge in [0.1, 0.15) is 5.75 Å². The molecule has 3 rings (SSSR count). The molecule has 0 aliphatic rings. The van der Waals surface area contributed by atoms with Gasteiger partial charge in [0, 0.05) is 16.7 Å². The summed E-state index contributed by atoms with van der Waals surface area (Å²) in [5.41, 5.74) is 3.35. The van der Waals surface area contributed by atoms with Crippen molar-refractivity contribution in [3.63, 3.8) is 0 Å². The van der Waals surface area contributed by atoms with E-state index in [2.05, 4.69) is 15.5 Å². The lowest BCUT2D eigenvalue weighted by atomic mass is 10.1. The van der Waals surface area contributed by atoms with Gasteiger partial charge in [-0.2, -0.15) is 0 Å². The summed E-state index contributed by atoms with van der Waals surface area (Å²) >= 11 is 7.30. The number of aromatic nitrogens is 2. The zero-order valence-corrected chi connectivity index (χ0v) is 17.5. The fourth-order valence-corrected chi connectivity index (χ4v) is 3.36. The Hall–Kier alpha value is -2.51. The van der Waals surface area contributed by atoms with Crippen molar-refractivity contribution >= 4 is 35.0 Å². The summed E-state index contributed by atoms with van der Waals surface area (Å²) in [6.45, 7) is 5.63. The van der Waals surface area contributed by atoms with Crippen LogP contribution in [0.1, 0.15) is 18.1 Å². The third kappa shape index (κ3) is 4.66. The van der Waals surface area contributed by atoms with Crippen LogP contribution in [0.15, 0.2) is 46.0 Å². The van der Waals surface area contributed by atoms with Crippen molar-refractivity contribution in [2.24, 2.45) is 0 Å². The van der Waals surface area contributed by atoms with Crippen LogP contribution in [0.2, 0.25) is 5.02 Å². The number of benzene rings is 2. The van der Waals surface area contributed by atoms with Crippen LogP contribution in [0.5, 0.6) is 5.75 Å². The second-order valence-corrected chi connectivity index (χ2v) is 7.99. The topological polar surface area (TPSA) is 77.2 Å². The van der Waals surface area contributed by atoms with Crippen LogP contribution < -0.4 is 10.1 Å². The smallest absolute Gasteiger partial charge is 0.277 e. The number of anilines is 1. The van der Waals surface area contributed by atoms with Gasteiger partial charge < -0.3 is 14.5 Å². The van der Waals surface area contributed by atoms with E-state index in [0.29, 0.717) is 27.6 Å². The lowest BCUT2D eigenvalue weighted by molar-refractivity contribution is -0.115. The first kappa shape index (κ1) is 20.2. The number of carbonyl (C=O) groups is 1. The third-order valence-electron chi connectivity index (χ3n) is 4.06. The lowest BCUT2D eigenvalue weighted by Crippen LogP contribution is -2.22. The molecule has 2 aromatic carbocycles. The molecule has 0 aliphatic carbocycles. The Morgan fingerprint density at radius 2 is 2.04 bits per heavy atom. The van der Waals surface area contributed by atoms with Crippen LogP contribution >= 0.6 is 23.4 Å². The molecule has 3 aromatic rings. The minimum atomic E-state index is -0.452. The Kier molecular flexibility index (Phi) is 6.26. The highest BCUT2D eigenvalue weighted by atomic mass is 35.5. The number of amides is 1. The molecule has 1 aromatic heterocycles. The van der Waals surface area contributed by atoms with Gasteiger partial charge in [0.15, 0.2) is 0 Å². The van der Waals surface area contributed by atoms with Crippen molar-refractivity contribution in [1.82, 2.24) is 10.2 Å². The molecule has 8 heteroatoms. The molecule has 0 saturated heterocycles. The molecule has 0 fully saturated rings. The highest BCUT2D eigenvalue weighted by Crippen LogP contribution is 2.32. The van der Waals surface area contributed by atoms with Gasteiger partial charge in [-0.05, 0) is 44.5 Å². The Morgan fingerprint density at radius 3 is 2.75 bits per heavy atom. The Morgan fingerprint density at radius 1 is 1.25 bits per heavy atom. The average Bonchev–Trinajstić information content (AvgIpc) is 3.13. The minimum Gasteiger partial charge on any atom is -0.495 e. The molecular formula is C20H20ClN3O3S. The van der Waals surface area contributed by atoms with Gasteiger partial charge in [-0.25, -0.2) is 0 Å². The van der Waals surface area contributed by atoms with Crippen LogP contribution in [-0.4, -0.2) is 28.5 Å². The number of carbonyl (C=O) groups excluding carboxylic acids is 1. The molecule has 0 radical (unpaired) electrons. The van der Waals surface area contributed by atoms with Gasteiger partial charge in [0.05, 0.1) is 18.0 Å². The molecule has 1 N–H and O–H groups in total. The first-order chi connectivity index (χ1) is 13.4. The normalized spacial score (nSPS) is 11.9. The summed E-state index contributed by atoms with van der Waals surface area (Å²) in [5.74, 6) is 0.717. The number of hydrogen-bond acceptors (Lipinski definition) is 6. The van der Waals surface area contributed by atoms with Crippen molar-refractivity contribution in [2.75, 3.05) is 12.4 Å². The molecule has 1 atom stereocenters. The minimum absolute atomic E-state index is 0.208. The molecule has 6 nitrogen and oxygen atoms in total. The maximum Gasteiger partial charge on any atom is 0.277 e. The molecule has 28 heavy (non-hydrogen) atoms. The molecule has 1 heterocycles. The highest BCUT2D eigenvalue weighted by Gasteiger charge is 2.20. The Labute approximate surface area is 172 Å². The second-order valence-electron chi connectivity index (χ2n) is 6.29. The summed E-state index contributed by atoms with van der Waals surface area (Å²) in [4.78, 5) is 12.6. The van der Waals surface area contributed by atoms with Crippen molar-refractivity contribution in [3.05, 3.63) is 52.5 Å². The Balaban J connectivity index is 1.69. The van der Waals surface area contributed by atoms with Gasteiger partial charge in [-0.3, -0.25) is 4.79 Å². The summed E-state index contributed by atoms with van der Waals surface area (Å²) in [7, 11) is 1.53. The quantitative estimate of drug-likeness (QED) is 0.560. The highest BCUT2D eigenvalue weighted by molar-refractivity contribution is 8.00. The van der Waals surface area contributed by atoms with E-state index in [-0.39, 0.29) is 5.91 Å². The van der Waals surface area contributed by atoms with Crippen molar-refractivity contribution < 1.29 is 13.9 Å². The van der Waals surface area contributed by atoms with Gasteiger partial charge in [0.2, 0.25) is 11.8 Å². The fraction of sp³-hybridized carbons (Fsp3) is 0.250. The van der Waals surface area contributed by atoms with Crippen LogP contribution in [0.3, 0.4) is 0 Å². The molecule has 146 valence electrons. The van der Waals surface area contributed by atoms with E-state index in [1.54, 1.807) is 19.1 Å². The Bertz CT molecular complexity index is 1010. The maximum absolute atomic E-state index is 12.6. The molecule has 0 saturated carbocycles. The molecular weight excluding hydrogens is 398 g/mol. The van der Waals surface area contributed by atoms with E-state index in [9.17, 15) is 4.79 Å². The number of nitrogens with one attached hydrogen (secondary N) is 1. The SMILES string of the molecule is COc1cc(Cl)c(C)cc1NC(=O)[C@@H](C)Sc1nnc(-c2cccc(C)c2)o1. The predicted octanol–water partition coefficient (Wildman–Crippen LogP) is 5.13. The molecule has 0 spiro atoms. The number of aryl methyl sites for hydroxylation is 2. The number of halogens is 1. The van der Waals surface area contributed by atoms with Gasteiger partial charge in [-0.1, -0.05) is 41.1 Å². The van der Waals surface area contributed by atoms with Crippen molar-refractivity contribution in [3.8, 4) is 17.2 Å². The van der Waals surface area contributed by atoms with E-state index >= 15 is 0 Å². The molecule has 0 aliphatic heterocycles. The average molecular weight is 418 g/mol. The van der Waals surface area contributed by atoms with Crippen molar-refractivity contribution in [1.29, 1.82) is 0 Å². The van der Waals surface area contributed by atoms with E-state index < -0.39 is 5.25 Å². The molecule has 0 unspecified atom stereocenters. The summed E-state index contributed by atoms with van der Waals surface area (Å²) in [6, 6.07) is 11.2. The largest absolute Gasteiger partial charge is 0.495 e. The zero-order valence-electron chi connectivity index (χ0n) is 15.9. The van der Waals surface area contributed by atoms with Gasteiger partial charge in [0.25, 0.3) is 5.22 Å². The van der Waals surface area contributed by atoms with E-state index in [0.717, 1.165) is 16.7 Å². The monoisotopic (exact) mass is 417 g/mol. The van der Waals surface area contributed by atoms with Gasteiger partial charge >= 0.3 is 0 Å². The van der Waals surface area contributed by atoms with Crippen LogP contribution in [0, 0.1) is 13.8 Å². The van der Waals surface area contributed by atoms with Crippen LogP contribution in [0.25, 0.3) is 11.5 Å². The van der Waals surface area contributed by atoms with Crippen molar-refractivity contribution in [2.45, 2.75) is 31.2 Å². The van der Waals surface area contributed by atoms with Crippen LogP contribution in [-0.2, 0) is 4.79 Å². The number of thioether (sulfide) groups is 1. The van der Waals surface area contributed by atoms with E-state index in [1.807, 2.05) is 38.1 Å². The number of rotatable bonds is 6. The molecule has 1 amide bonds. The summed E-state index contributed by atoms with van der Waals surface area (Å²) < 4.78 is 11.0. The summed E-state index contributed by atoms with van der Waals surface area (Å²) in [6.07, 6.45) is 0. The number of methoxy groups -OCH3 is 1. The second kappa shape index (κ2) is 8.67. The van der Waals surface area contributed by atoms with E-state index in [4.69, 9.17) is 20.8 Å². The maximum atomic E-state index is 12.6. The third-order valence-corrected chi connectivity index (χ3v) is 5.40. The summed E-state index contributed by atoms with van der Waals surface area (Å²) in [5, 5.41) is 11.4. The fourth-order valence-electron chi connectivity index (χ4n) is 2.52. The standard InChI is InChI=1S/C20H20ClN3O3S/c1-11-6-5-7-14(8-11)19-23-24-20(27-19)28-13(3)18(25)22-16-9-12(2)15(21)10-17(16)26-4/h5-10,13H,1-4H3,(H,22,25)/t13-/m1/s1. The van der Waals surface area contributed by atoms with Gasteiger partial charge in [-0.15, -0.1) is 10.2 Å².